The monoisotopic (exact) mass is 640 g/mol. The molecule has 0 radical (unpaired) electrons. The third-order valence-electron chi connectivity index (χ3n) is 16.0. The molecule has 1 N–H and O–H groups in total. The molecule has 0 aromatic rings. The molecule has 0 saturated heterocycles. The van der Waals surface area contributed by atoms with E-state index in [0.717, 1.165) is 24.7 Å². The van der Waals surface area contributed by atoms with Crippen LogP contribution < -0.4 is 0 Å². The van der Waals surface area contributed by atoms with Gasteiger partial charge >= 0.3 is 11.9 Å². The molecule has 10 atom stereocenters. The molecule has 5 rings (SSSR count). The van der Waals surface area contributed by atoms with Gasteiger partial charge in [-0.15, -0.1) is 0 Å². The van der Waals surface area contributed by atoms with Gasteiger partial charge in [-0.2, -0.15) is 0 Å². The van der Waals surface area contributed by atoms with E-state index in [2.05, 4.69) is 67.1 Å². The minimum atomic E-state index is -0.865. The summed E-state index contributed by atoms with van der Waals surface area (Å²) in [5, 5.41) is 9.32. The second-order valence-electron chi connectivity index (χ2n) is 19.7. The van der Waals surface area contributed by atoms with Crippen molar-refractivity contribution in [3.8, 4) is 0 Å². The number of carbonyl (C=O) groups is 2. The maximum absolute atomic E-state index is 13.2. The number of carboxylic acid groups (broad SMARTS) is 1. The van der Waals surface area contributed by atoms with E-state index >= 15 is 0 Å². The van der Waals surface area contributed by atoms with Crippen LogP contribution >= 0.6 is 0 Å². The number of rotatable bonds is 10. The van der Waals surface area contributed by atoms with E-state index in [-0.39, 0.29) is 35.7 Å². The van der Waals surface area contributed by atoms with Crippen molar-refractivity contribution in [3.05, 3.63) is 12.2 Å². The predicted molar refractivity (Wildman–Crippen MR) is 187 cm³/mol. The summed E-state index contributed by atoms with van der Waals surface area (Å²) in [5.74, 6) is 2.35. The van der Waals surface area contributed by atoms with Gasteiger partial charge in [-0.25, -0.2) is 0 Å². The Bertz CT molecular complexity index is 1190. The van der Waals surface area contributed by atoms with E-state index in [1.165, 1.54) is 76.3 Å². The van der Waals surface area contributed by atoms with Gasteiger partial charge in [0.15, 0.2) is 0 Å². The lowest BCUT2D eigenvalue weighted by Crippen LogP contribution is -2.66. The molecule has 0 aliphatic heterocycles. The first kappa shape index (κ1) is 35.9. The first-order valence-electron chi connectivity index (χ1n) is 18.9. The van der Waals surface area contributed by atoms with E-state index in [0.29, 0.717) is 34.0 Å². The minimum absolute atomic E-state index is 0.0257. The van der Waals surface area contributed by atoms with Crippen molar-refractivity contribution in [2.24, 2.45) is 62.1 Å². The lowest BCUT2D eigenvalue weighted by Gasteiger charge is -2.73. The van der Waals surface area contributed by atoms with Gasteiger partial charge in [0, 0.05) is 5.41 Å². The largest absolute Gasteiger partial charge is 0.481 e. The molecule has 5 fully saturated rings. The van der Waals surface area contributed by atoms with Crippen LogP contribution in [0.2, 0.25) is 0 Å². The Morgan fingerprint density at radius 3 is 2.20 bits per heavy atom. The zero-order valence-electron chi connectivity index (χ0n) is 31.4. The van der Waals surface area contributed by atoms with Gasteiger partial charge in [-0.3, -0.25) is 9.59 Å². The van der Waals surface area contributed by atoms with Crippen LogP contribution in [0.3, 0.4) is 0 Å². The lowest BCUT2D eigenvalue weighted by molar-refractivity contribution is -0.250. The van der Waals surface area contributed by atoms with Crippen LogP contribution in [0.1, 0.15) is 145 Å². The summed E-state index contributed by atoms with van der Waals surface area (Å²) in [6.45, 7) is 24.6. The van der Waals surface area contributed by atoms with Gasteiger partial charge in [-0.1, -0.05) is 60.6 Å². The fourth-order valence-electron chi connectivity index (χ4n) is 13.7. The number of hydrogen-bond donors (Lipinski definition) is 1. The normalized spacial score (nSPS) is 43.2. The second kappa shape index (κ2) is 12.2. The first-order chi connectivity index (χ1) is 21.2. The average molecular weight is 640 g/mol. The van der Waals surface area contributed by atoms with Crippen LogP contribution in [0.4, 0.5) is 0 Å². The fraction of sp³-hybridized carbons (Fsp3) is 0.902. The first-order valence-corrected chi connectivity index (χ1v) is 18.9. The van der Waals surface area contributed by atoms with Crippen molar-refractivity contribution in [2.45, 2.75) is 151 Å². The Hall–Kier alpha value is -1.36. The topological polar surface area (TPSA) is 66.8 Å². The third-order valence-corrected chi connectivity index (χ3v) is 16.0. The van der Waals surface area contributed by atoms with Crippen LogP contribution in [-0.4, -0.2) is 48.7 Å². The molecule has 5 aliphatic carbocycles. The van der Waals surface area contributed by atoms with Crippen molar-refractivity contribution in [3.63, 3.8) is 0 Å². The molecule has 0 aromatic carbocycles. The number of fused-ring (bicyclic) bond motifs is 7. The van der Waals surface area contributed by atoms with Crippen LogP contribution in [0.25, 0.3) is 0 Å². The molecule has 0 heterocycles. The number of ether oxygens (including phenoxy) is 1. The zero-order valence-corrected chi connectivity index (χ0v) is 31.4. The minimum Gasteiger partial charge on any atom is -0.481 e. The summed E-state index contributed by atoms with van der Waals surface area (Å²) in [4.78, 5) is 26.9. The quantitative estimate of drug-likeness (QED) is 0.190. The molecule has 262 valence electrons. The highest BCUT2D eigenvalue weighted by Gasteiger charge is 2.71. The summed E-state index contributed by atoms with van der Waals surface area (Å²) in [6.07, 6.45) is 15.4. The van der Waals surface area contributed by atoms with E-state index in [1.54, 1.807) is 0 Å². The zero-order chi connectivity index (χ0) is 34.1. The Kier molecular flexibility index (Phi) is 9.53. The van der Waals surface area contributed by atoms with Crippen LogP contribution in [0.15, 0.2) is 12.2 Å². The molecule has 5 saturated carbocycles. The Balaban J connectivity index is 1.38. The highest BCUT2D eigenvalue weighted by molar-refractivity contribution is 5.73. The SMILES string of the molecule is C=C(C)[C@@H]1CC[C@]2(CCCN(C)C)CC[C@]3(C)[C@H](CC[C@@H]4[C@@]5(C)CC[C@H](OC(=O)CC(C)(C)CC(=O)O)C(C)(C)[C@@H]5CC[C@]43C)[C@@H]12. The van der Waals surface area contributed by atoms with E-state index < -0.39 is 11.4 Å². The van der Waals surface area contributed by atoms with Gasteiger partial charge in [0.2, 0.25) is 0 Å². The number of hydrogen-bond acceptors (Lipinski definition) is 4. The maximum atomic E-state index is 13.2. The molecule has 0 spiro atoms. The van der Waals surface area contributed by atoms with E-state index in [1.807, 2.05) is 13.8 Å². The standard InChI is InChI=1S/C41H69NO4/c1-27(2)28-15-21-41(18-12-24-42(10)11)23-22-39(8)29(35(28)41)13-14-31-38(7)19-17-32(37(5,6)30(38)16-20-40(31,39)9)46-34(45)26-36(3,4)25-33(43)44/h28-32,35H,1,12-26H2,2-11H3,(H,43,44)/t28-,29+,30-,31+,32-,35+,38-,39+,40+,41+/m0/s1. The molecular weight excluding hydrogens is 570 g/mol. The molecule has 5 nitrogen and oxygen atoms in total. The van der Waals surface area contributed by atoms with Crippen molar-refractivity contribution >= 4 is 11.9 Å². The summed E-state index contributed by atoms with van der Waals surface area (Å²) in [6, 6.07) is 0. The van der Waals surface area contributed by atoms with E-state index in [4.69, 9.17) is 4.74 Å². The highest BCUT2D eigenvalue weighted by Crippen LogP contribution is 2.78. The second-order valence-corrected chi connectivity index (χ2v) is 19.7. The Labute approximate surface area is 282 Å². The summed E-state index contributed by atoms with van der Waals surface area (Å²) in [5.41, 5.74) is 2.12. The van der Waals surface area contributed by atoms with Crippen LogP contribution in [0.5, 0.6) is 0 Å². The number of carbonyl (C=O) groups excluding carboxylic acids is 1. The molecular formula is C41H69NO4. The maximum Gasteiger partial charge on any atom is 0.306 e. The van der Waals surface area contributed by atoms with Crippen LogP contribution in [-0.2, 0) is 14.3 Å². The fourth-order valence-corrected chi connectivity index (χ4v) is 13.7. The number of aliphatic carboxylic acids is 1. The lowest BCUT2D eigenvalue weighted by atomic mass is 9.32. The predicted octanol–water partition coefficient (Wildman–Crippen LogP) is 9.79. The highest BCUT2D eigenvalue weighted by atomic mass is 16.5. The average Bonchev–Trinajstić information content (AvgIpc) is 3.29. The molecule has 0 aromatic heterocycles. The molecule has 0 unspecified atom stereocenters. The molecule has 5 heteroatoms. The molecule has 46 heavy (non-hydrogen) atoms. The summed E-state index contributed by atoms with van der Waals surface area (Å²) < 4.78 is 6.28. The van der Waals surface area contributed by atoms with Crippen LogP contribution in [0, 0.1) is 62.1 Å². The van der Waals surface area contributed by atoms with Crippen molar-refractivity contribution in [2.75, 3.05) is 20.6 Å². The molecule has 0 bridgehead atoms. The third kappa shape index (κ3) is 5.83. The van der Waals surface area contributed by atoms with Crippen molar-refractivity contribution in [1.29, 1.82) is 0 Å². The molecule has 5 aliphatic rings. The number of nitrogens with zero attached hydrogens (tertiary/aromatic N) is 1. The van der Waals surface area contributed by atoms with Gasteiger partial charge in [-0.05, 0) is 161 Å². The van der Waals surface area contributed by atoms with E-state index in [9.17, 15) is 14.7 Å². The Morgan fingerprint density at radius 2 is 1.57 bits per heavy atom. The van der Waals surface area contributed by atoms with Gasteiger partial charge in [0.05, 0.1) is 12.8 Å². The van der Waals surface area contributed by atoms with Gasteiger partial charge in [0.25, 0.3) is 0 Å². The van der Waals surface area contributed by atoms with Crippen molar-refractivity contribution in [1.82, 2.24) is 4.90 Å². The molecule has 0 amide bonds. The summed E-state index contributed by atoms with van der Waals surface area (Å²) in [7, 11) is 4.44. The summed E-state index contributed by atoms with van der Waals surface area (Å²) >= 11 is 0. The number of allylic oxidation sites excluding steroid dienone is 1. The number of esters is 1. The number of carboxylic acids is 1. The van der Waals surface area contributed by atoms with Gasteiger partial charge < -0.3 is 14.7 Å². The van der Waals surface area contributed by atoms with Gasteiger partial charge in [0.1, 0.15) is 6.10 Å². The van der Waals surface area contributed by atoms with Crippen molar-refractivity contribution < 1.29 is 19.4 Å². The Morgan fingerprint density at radius 1 is 0.870 bits per heavy atom. The smallest absolute Gasteiger partial charge is 0.306 e.